The Morgan fingerprint density at radius 1 is 1.14 bits per heavy atom. The number of rotatable bonds is 2. The average Bonchev–Trinajstić information content (AvgIpc) is 2.80. The lowest BCUT2D eigenvalue weighted by molar-refractivity contribution is 0.573. The van der Waals surface area contributed by atoms with E-state index in [1.54, 1.807) is 18.2 Å². The molecule has 0 aliphatic carbocycles. The van der Waals surface area contributed by atoms with E-state index in [1.807, 2.05) is 0 Å². The maximum absolute atomic E-state index is 14.2. The topological polar surface area (TPSA) is 17.8 Å². The number of aromatic nitrogens is 2. The van der Waals surface area contributed by atoms with Crippen molar-refractivity contribution in [1.82, 2.24) is 9.55 Å². The molecule has 1 aromatic heterocycles. The summed E-state index contributed by atoms with van der Waals surface area (Å²) in [5.74, 6) is -0.848. The highest BCUT2D eigenvalue weighted by Gasteiger charge is 2.17. The van der Waals surface area contributed by atoms with Crippen LogP contribution >= 0.6 is 39.1 Å². The van der Waals surface area contributed by atoms with Gasteiger partial charge in [0.05, 0.1) is 27.1 Å². The molecule has 0 spiro atoms. The van der Waals surface area contributed by atoms with Crippen LogP contribution in [0.3, 0.4) is 0 Å². The van der Waals surface area contributed by atoms with E-state index in [0.29, 0.717) is 21.9 Å². The second kappa shape index (κ2) is 5.55. The maximum atomic E-state index is 14.2. The number of halogens is 5. The second-order valence-electron chi connectivity index (χ2n) is 4.35. The molecule has 3 rings (SSSR count). The van der Waals surface area contributed by atoms with Gasteiger partial charge in [-0.2, -0.15) is 0 Å². The molecule has 0 atom stereocenters. The minimum Gasteiger partial charge on any atom is -0.292 e. The molecule has 0 saturated heterocycles. The van der Waals surface area contributed by atoms with Gasteiger partial charge in [0.15, 0.2) is 0 Å². The van der Waals surface area contributed by atoms with Crippen LogP contribution in [0.25, 0.3) is 16.7 Å². The molecule has 0 amide bonds. The highest BCUT2D eigenvalue weighted by molar-refractivity contribution is 9.10. The van der Waals surface area contributed by atoms with Crippen molar-refractivity contribution in [1.29, 1.82) is 0 Å². The second-order valence-corrected chi connectivity index (χ2v) is 5.91. The van der Waals surface area contributed by atoms with Crippen molar-refractivity contribution in [2.45, 2.75) is 5.88 Å². The molecule has 0 fully saturated rings. The lowest BCUT2D eigenvalue weighted by Gasteiger charge is -2.10. The van der Waals surface area contributed by atoms with E-state index in [9.17, 15) is 8.78 Å². The number of alkyl halides is 1. The van der Waals surface area contributed by atoms with E-state index in [2.05, 4.69) is 20.9 Å². The van der Waals surface area contributed by atoms with Crippen molar-refractivity contribution in [3.8, 4) is 5.69 Å². The van der Waals surface area contributed by atoms with Crippen molar-refractivity contribution in [3.63, 3.8) is 0 Å². The highest BCUT2D eigenvalue weighted by Crippen LogP contribution is 2.29. The van der Waals surface area contributed by atoms with E-state index in [0.717, 1.165) is 6.07 Å². The zero-order valence-electron chi connectivity index (χ0n) is 10.4. The van der Waals surface area contributed by atoms with Crippen molar-refractivity contribution in [2.75, 3.05) is 0 Å². The molecule has 7 heteroatoms. The van der Waals surface area contributed by atoms with Crippen molar-refractivity contribution in [2.24, 2.45) is 0 Å². The molecule has 1 heterocycles. The molecule has 2 nitrogen and oxygen atoms in total. The minimum absolute atomic E-state index is 0.0841. The largest absolute Gasteiger partial charge is 0.292 e. The molecule has 108 valence electrons. The molecule has 0 bridgehead atoms. The van der Waals surface area contributed by atoms with Crippen LogP contribution in [0.2, 0.25) is 5.02 Å². The Bertz CT molecular complexity index is 849. The highest BCUT2D eigenvalue weighted by atomic mass is 79.9. The van der Waals surface area contributed by atoms with Crippen molar-refractivity contribution < 1.29 is 8.78 Å². The van der Waals surface area contributed by atoms with E-state index in [4.69, 9.17) is 23.2 Å². The van der Waals surface area contributed by atoms with E-state index < -0.39 is 11.6 Å². The minimum atomic E-state index is -0.707. The summed E-state index contributed by atoms with van der Waals surface area (Å²) in [6, 6.07) is 7.24. The Morgan fingerprint density at radius 3 is 2.62 bits per heavy atom. The molecule has 2 aromatic carbocycles. The van der Waals surface area contributed by atoms with Gasteiger partial charge in [0.2, 0.25) is 0 Å². The molecule has 0 saturated carbocycles. The quantitative estimate of drug-likeness (QED) is 0.419. The lowest BCUT2D eigenvalue weighted by Crippen LogP contribution is -2.03. The predicted molar refractivity (Wildman–Crippen MR) is 83.3 cm³/mol. The van der Waals surface area contributed by atoms with E-state index in [1.165, 1.54) is 10.6 Å². The summed E-state index contributed by atoms with van der Waals surface area (Å²) in [5, 5.41) is 0.492. The Balaban J connectivity index is 2.38. The van der Waals surface area contributed by atoms with Gasteiger partial charge in [-0.25, -0.2) is 13.8 Å². The van der Waals surface area contributed by atoms with Crippen molar-refractivity contribution in [3.05, 3.63) is 57.3 Å². The van der Waals surface area contributed by atoms with Crippen LogP contribution in [0, 0.1) is 11.6 Å². The Labute approximate surface area is 137 Å². The summed E-state index contributed by atoms with van der Waals surface area (Å²) in [5.41, 5.74) is 1.40. The first-order valence-corrected chi connectivity index (χ1v) is 7.59. The summed E-state index contributed by atoms with van der Waals surface area (Å²) in [6.07, 6.45) is 0. The van der Waals surface area contributed by atoms with Gasteiger partial charge >= 0.3 is 0 Å². The first-order valence-electron chi connectivity index (χ1n) is 5.89. The maximum Gasteiger partial charge on any atom is 0.150 e. The van der Waals surface area contributed by atoms with Gasteiger partial charge in [-0.15, -0.1) is 11.6 Å². The fourth-order valence-electron chi connectivity index (χ4n) is 2.14. The molecule has 21 heavy (non-hydrogen) atoms. The van der Waals surface area contributed by atoms with E-state index >= 15 is 0 Å². The molecular formula is C14H7BrCl2F2N2. The number of nitrogens with zero attached hydrogens (tertiary/aromatic N) is 2. The Hall–Kier alpha value is -1.17. The number of benzene rings is 2. The Kier molecular flexibility index (Phi) is 3.90. The van der Waals surface area contributed by atoms with Crippen LogP contribution in [0.4, 0.5) is 8.78 Å². The van der Waals surface area contributed by atoms with Crippen LogP contribution < -0.4 is 0 Å². The first-order chi connectivity index (χ1) is 10.0. The Morgan fingerprint density at radius 2 is 1.90 bits per heavy atom. The van der Waals surface area contributed by atoms with E-state index in [-0.39, 0.29) is 16.0 Å². The summed E-state index contributed by atoms with van der Waals surface area (Å²) >= 11 is 14.9. The number of fused-ring (bicyclic) bond motifs is 1. The van der Waals surface area contributed by atoms with Gasteiger partial charge in [0.25, 0.3) is 0 Å². The number of hydrogen-bond donors (Lipinski definition) is 0. The number of imidazole rings is 1. The zero-order chi connectivity index (χ0) is 15.1. The summed E-state index contributed by atoms with van der Waals surface area (Å²) in [7, 11) is 0. The van der Waals surface area contributed by atoms with Gasteiger partial charge < -0.3 is 0 Å². The number of hydrogen-bond acceptors (Lipinski definition) is 1. The van der Waals surface area contributed by atoms with Gasteiger partial charge in [0, 0.05) is 11.1 Å². The molecule has 3 aromatic rings. The fourth-order valence-corrected chi connectivity index (χ4v) is 2.82. The smallest absolute Gasteiger partial charge is 0.150 e. The predicted octanol–water partition coefficient (Wildman–Crippen LogP) is 5.46. The first kappa shape index (κ1) is 14.8. The molecule has 0 N–H and O–H groups in total. The standard InChI is InChI=1S/C14H7BrCl2F2N2/c15-8-4-12(10(19)5-9(8)18)21-13-3-7(17)1-2-11(13)20-14(21)6-16/h1-5H,6H2. The fraction of sp³-hybridized carbons (Fsp3) is 0.0714. The normalized spacial score (nSPS) is 11.3. The van der Waals surface area contributed by atoms with Crippen molar-refractivity contribution >= 4 is 50.2 Å². The molecule has 0 radical (unpaired) electrons. The summed E-state index contributed by atoms with van der Waals surface area (Å²) < 4.78 is 29.2. The summed E-state index contributed by atoms with van der Waals surface area (Å²) in [6.45, 7) is 0. The third-order valence-corrected chi connectivity index (χ3v) is 4.12. The van der Waals surface area contributed by atoms with Crippen LogP contribution in [0.1, 0.15) is 5.82 Å². The SMILES string of the molecule is Fc1cc(F)c(-n2c(CCl)nc3ccc(Cl)cc32)cc1Br. The van der Waals surface area contributed by atoms with Gasteiger partial charge in [-0.1, -0.05) is 11.6 Å². The van der Waals surface area contributed by atoms with Gasteiger partial charge in [-0.3, -0.25) is 4.57 Å². The molecular weight excluding hydrogens is 385 g/mol. The third kappa shape index (κ3) is 2.54. The average molecular weight is 392 g/mol. The van der Waals surface area contributed by atoms with Crippen LogP contribution in [-0.2, 0) is 5.88 Å². The van der Waals surface area contributed by atoms with Crippen LogP contribution in [0.15, 0.2) is 34.8 Å². The van der Waals surface area contributed by atoms with Gasteiger partial charge in [0.1, 0.15) is 17.5 Å². The molecule has 0 aliphatic rings. The van der Waals surface area contributed by atoms with Gasteiger partial charge in [-0.05, 0) is 40.2 Å². The van der Waals surface area contributed by atoms with Crippen LogP contribution in [-0.4, -0.2) is 9.55 Å². The molecule has 0 unspecified atom stereocenters. The monoisotopic (exact) mass is 390 g/mol. The lowest BCUT2D eigenvalue weighted by atomic mass is 10.2. The summed E-state index contributed by atoms with van der Waals surface area (Å²) in [4.78, 5) is 4.34. The molecule has 0 aliphatic heterocycles. The third-order valence-electron chi connectivity index (χ3n) is 3.04. The van der Waals surface area contributed by atoms with Crippen LogP contribution in [0.5, 0.6) is 0 Å². The zero-order valence-corrected chi connectivity index (χ0v) is 13.5.